The summed E-state index contributed by atoms with van der Waals surface area (Å²) in [6.07, 6.45) is 1.02. The van der Waals surface area contributed by atoms with Gasteiger partial charge >= 0.3 is 0 Å². The van der Waals surface area contributed by atoms with Gasteiger partial charge in [-0.2, -0.15) is 5.26 Å². The van der Waals surface area contributed by atoms with Crippen LogP contribution in [0.5, 0.6) is 0 Å². The third-order valence-electron chi connectivity index (χ3n) is 4.48. The third-order valence-corrected chi connectivity index (χ3v) is 4.48. The van der Waals surface area contributed by atoms with Crippen molar-refractivity contribution in [3.05, 3.63) is 59.7 Å². The Bertz CT molecular complexity index is 764. The van der Waals surface area contributed by atoms with E-state index in [4.69, 9.17) is 0 Å². The maximum atomic E-state index is 11.7. The molecule has 2 aromatic carbocycles. The van der Waals surface area contributed by atoms with Gasteiger partial charge in [-0.15, -0.1) is 0 Å². The molecule has 0 radical (unpaired) electrons. The average molecular weight is 319 g/mol. The standard InChI is InChI=1S/C20H21N3O/c1-16(24)17-8-9-18(15-21)20(14-17)23-11-5-10-22(12-13-23)19-6-3-2-4-7-19/h2-4,6-9,14H,5,10-13H2,1H3. The van der Waals surface area contributed by atoms with Crippen LogP contribution in [0.2, 0.25) is 0 Å². The molecule has 1 fully saturated rings. The molecule has 4 heteroatoms. The Morgan fingerprint density at radius 3 is 2.42 bits per heavy atom. The minimum atomic E-state index is 0.0291. The lowest BCUT2D eigenvalue weighted by molar-refractivity contribution is 0.101. The minimum Gasteiger partial charge on any atom is -0.370 e. The van der Waals surface area contributed by atoms with Crippen LogP contribution in [0.4, 0.5) is 11.4 Å². The van der Waals surface area contributed by atoms with Crippen LogP contribution in [0, 0.1) is 11.3 Å². The van der Waals surface area contributed by atoms with Gasteiger partial charge in [0.05, 0.1) is 11.3 Å². The molecule has 0 bridgehead atoms. The van der Waals surface area contributed by atoms with E-state index >= 15 is 0 Å². The van der Waals surface area contributed by atoms with Crippen LogP contribution in [0.1, 0.15) is 29.3 Å². The first-order valence-corrected chi connectivity index (χ1v) is 8.29. The fourth-order valence-corrected chi connectivity index (χ4v) is 3.16. The number of Topliss-reactive ketones (excluding diaryl/α,β-unsaturated/α-hetero) is 1. The fourth-order valence-electron chi connectivity index (χ4n) is 3.16. The zero-order chi connectivity index (χ0) is 16.9. The number of anilines is 2. The maximum Gasteiger partial charge on any atom is 0.159 e. The van der Waals surface area contributed by atoms with E-state index < -0.39 is 0 Å². The Morgan fingerprint density at radius 1 is 1.00 bits per heavy atom. The fraction of sp³-hybridized carbons (Fsp3) is 0.300. The van der Waals surface area contributed by atoms with Gasteiger partial charge in [0.25, 0.3) is 0 Å². The van der Waals surface area contributed by atoms with Crippen molar-refractivity contribution < 1.29 is 4.79 Å². The predicted molar refractivity (Wildman–Crippen MR) is 96.6 cm³/mol. The number of rotatable bonds is 3. The summed E-state index contributed by atoms with van der Waals surface area (Å²) in [5.74, 6) is 0.0291. The molecule has 3 rings (SSSR count). The summed E-state index contributed by atoms with van der Waals surface area (Å²) in [4.78, 5) is 16.3. The molecule has 0 aromatic heterocycles. The van der Waals surface area contributed by atoms with Gasteiger partial charge < -0.3 is 9.80 Å². The molecule has 0 spiro atoms. The summed E-state index contributed by atoms with van der Waals surface area (Å²) in [7, 11) is 0. The molecule has 1 saturated heterocycles. The molecule has 0 saturated carbocycles. The average Bonchev–Trinajstić information content (AvgIpc) is 2.88. The highest BCUT2D eigenvalue weighted by atomic mass is 16.1. The van der Waals surface area contributed by atoms with Crippen molar-refractivity contribution in [1.29, 1.82) is 5.26 Å². The molecule has 0 N–H and O–H groups in total. The molecule has 1 aliphatic rings. The molecule has 122 valence electrons. The second-order valence-corrected chi connectivity index (χ2v) is 6.06. The number of para-hydroxylation sites is 1. The van der Waals surface area contributed by atoms with Crippen molar-refractivity contribution in [1.82, 2.24) is 0 Å². The van der Waals surface area contributed by atoms with Gasteiger partial charge in [0.15, 0.2) is 5.78 Å². The largest absolute Gasteiger partial charge is 0.370 e. The van der Waals surface area contributed by atoms with Crippen molar-refractivity contribution >= 4 is 17.2 Å². The van der Waals surface area contributed by atoms with Crippen molar-refractivity contribution in [3.63, 3.8) is 0 Å². The summed E-state index contributed by atoms with van der Waals surface area (Å²) in [6.45, 7) is 5.18. The van der Waals surface area contributed by atoms with E-state index in [1.54, 1.807) is 19.1 Å². The van der Waals surface area contributed by atoms with Crippen molar-refractivity contribution in [2.75, 3.05) is 36.0 Å². The molecule has 1 aliphatic heterocycles. The number of hydrogen-bond donors (Lipinski definition) is 0. The van der Waals surface area contributed by atoms with Gasteiger partial charge in [-0.1, -0.05) is 18.2 Å². The summed E-state index contributed by atoms with van der Waals surface area (Å²) >= 11 is 0. The first-order chi connectivity index (χ1) is 11.7. The first kappa shape index (κ1) is 16.1. The molecule has 0 aliphatic carbocycles. The molecular formula is C20H21N3O. The molecule has 0 atom stereocenters. The molecular weight excluding hydrogens is 298 g/mol. The van der Waals surface area contributed by atoms with Gasteiger partial charge in [0.2, 0.25) is 0 Å². The lowest BCUT2D eigenvalue weighted by Crippen LogP contribution is -2.31. The molecule has 24 heavy (non-hydrogen) atoms. The second-order valence-electron chi connectivity index (χ2n) is 6.06. The topological polar surface area (TPSA) is 47.3 Å². The van der Waals surface area contributed by atoms with E-state index in [0.29, 0.717) is 11.1 Å². The van der Waals surface area contributed by atoms with E-state index in [9.17, 15) is 10.1 Å². The molecule has 4 nitrogen and oxygen atoms in total. The number of hydrogen-bond acceptors (Lipinski definition) is 4. The Hall–Kier alpha value is -2.80. The van der Waals surface area contributed by atoms with Gasteiger partial charge in [-0.3, -0.25) is 4.79 Å². The zero-order valence-electron chi connectivity index (χ0n) is 13.9. The number of benzene rings is 2. The van der Waals surface area contributed by atoms with E-state index in [-0.39, 0.29) is 5.78 Å². The normalized spacial score (nSPS) is 14.8. The Morgan fingerprint density at radius 2 is 1.71 bits per heavy atom. The van der Waals surface area contributed by atoms with Crippen LogP contribution in [0.3, 0.4) is 0 Å². The van der Waals surface area contributed by atoms with Crippen molar-refractivity contribution in [2.45, 2.75) is 13.3 Å². The molecule has 0 unspecified atom stereocenters. The zero-order valence-corrected chi connectivity index (χ0v) is 13.9. The Labute approximate surface area is 142 Å². The van der Waals surface area contributed by atoms with E-state index in [1.165, 1.54) is 5.69 Å². The quantitative estimate of drug-likeness (QED) is 0.813. The highest BCUT2D eigenvalue weighted by Crippen LogP contribution is 2.25. The predicted octanol–water partition coefficient (Wildman–Crippen LogP) is 3.48. The number of nitrogens with zero attached hydrogens (tertiary/aromatic N) is 3. The SMILES string of the molecule is CC(=O)c1ccc(C#N)c(N2CCCN(c3ccccc3)CC2)c1. The van der Waals surface area contributed by atoms with Gasteiger partial charge in [0, 0.05) is 37.4 Å². The Balaban J connectivity index is 1.82. The van der Waals surface area contributed by atoms with Crippen LogP contribution in [0.25, 0.3) is 0 Å². The van der Waals surface area contributed by atoms with Gasteiger partial charge in [-0.05, 0) is 43.7 Å². The number of nitriles is 1. The minimum absolute atomic E-state index is 0.0291. The summed E-state index contributed by atoms with van der Waals surface area (Å²) in [6, 6.07) is 18.0. The summed E-state index contributed by atoms with van der Waals surface area (Å²) in [5, 5.41) is 9.41. The number of carbonyl (C=O) groups excluding carboxylic acids is 1. The second kappa shape index (κ2) is 7.18. The third kappa shape index (κ3) is 3.41. The van der Waals surface area contributed by atoms with Gasteiger partial charge in [-0.25, -0.2) is 0 Å². The van der Waals surface area contributed by atoms with E-state index in [0.717, 1.165) is 38.3 Å². The number of ketones is 1. The van der Waals surface area contributed by atoms with Crippen LogP contribution in [-0.4, -0.2) is 32.0 Å². The summed E-state index contributed by atoms with van der Waals surface area (Å²) < 4.78 is 0. The molecule has 0 amide bonds. The molecule has 1 heterocycles. The van der Waals surface area contributed by atoms with E-state index in [2.05, 4.69) is 40.1 Å². The highest BCUT2D eigenvalue weighted by Gasteiger charge is 2.18. The monoisotopic (exact) mass is 319 g/mol. The first-order valence-electron chi connectivity index (χ1n) is 8.29. The maximum absolute atomic E-state index is 11.7. The van der Waals surface area contributed by atoms with E-state index in [1.807, 2.05) is 12.1 Å². The van der Waals surface area contributed by atoms with Gasteiger partial charge in [0.1, 0.15) is 6.07 Å². The van der Waals surface area contributed by atoms with Crippen molar-refractivity contribution in [3.8, 4) is 6.07 Å². The summed E-state index contributed by atoms with van der Waals surface area (Å²) in [5.41, 5.74) is 3.40. The Kier molecular flexibility index (Phi) is 4.81. The molecule has 2 aromatic rings. The van der Waals surface area contributed by atoms with Crippen LogP contribution in [0.15, 0.2) is 48.5 Å². The van der Waals surface area contributed by atoms with Crippen LogP contribution in [-0.2, 0) is 0 Å². The van der Waals surface area contributed by atoms with Crippen LogP contribution < -0.4 is 9.80 Å². The lowest BCUT2D eigenvalue weighted by Gasteiger charge is -2.25. The van der Waals surface area contributed by atoms with Crippen molar-refractivity contribution in [2.24, 2.45) is 0 Å². The van der Waals surface area contributed by atoms with Crippen LogP contribution >= 0.6 is 0 Å². The highest BCUT2D eigenvalue weighted by molar-refractivity contribution is 5.95. The number of carbonyl (C=O) groups is 1. The lowest BCUT2D eigenvalue weighted by atomic mass is 10.1. The smallest absolute Gasteiger partial charge is 0.159 e.